The fourth-order valence-corrected chi connectivity index (χ4v) is 8.52. The van der Waals surface area contributed by atoms with Gasteiger partial charge in [-0.15, -0.1) is 0 Å². The molecule has 0 aliphatic heterocycles. The summed E-state index contributed by atoms with van der Waals surface area (Å²) in [6.07, 6.45) is 0. The van der Waals surface area contributed by atoms with Gasteiger partial charge in [0.1, 0.15) is 0 Å². The van der Waals surface area contributed by atoms with Crippen LogP contribution >= 0.6 is 26.3 Å². The van der Waals surface area contributed by atoms with Gasteiger partial charge in [0.05, 0.1) is 0 Å². The molecular weight excluding hydrogens is 497 g/mol. The molecule has 4 aromatic rings. The van der Waals surface area contributed by atoms with E-state index in [1.807, 2.05) is 0 Å². The van der Waals surface area contributed by atoms with E-state index in [0.29, 0.717) is 0 Å². The van der Waals surface area contributed by atoms with Crippen LogP contribution in [-0.2, 0) is 15.9 Å². The Morgan fingerprint density at radius 2 is 0.571 bits per heavy atom. The maximum absolute atomic E-state index is 4.81. The van der Waals surface area contributed by atoms with Gasteiger partial charge in [0.25, 0.3) is 0 Å². The second-order valence-corrected chi connectivity index (χ2v) is 12.4. The normalized spacial score (nSPS) is 11.4. The van der Waals surface area contributed by atoms with Crippen molar-refractivity contribution in [1.82, 2.24) is 0 Å². The first-order chi connectivity index (χ1) is 13.8. The van der Waals surface area contributed by atoms with Gasteiger partial charge in [0.15, 0.2) is 0 Å². The van der Waals surface area contributed by atoms with E-state index >= 15 is 0 Å². The van der Waals surface area contributed by atoms with E-state index in [1.165, 1.54) is 21.2 Å². The molecule has 0 aliphatic carbocycles. The van der Waals surface area contributed by atoms with Crippen molar-refractivity contribution in [1.29, 1.82) is 0 Å². The van der Waals surface area contributed by atoms with E-state index in [1.54, 1.807) is 0 Å². The molecule has 0 atom stereocenters. The van der Waals surface area contributed by atoms with Gasteiger partial charge in [-0.1, -0.05) is 0 Å². The van der Waals surface area contributed by atoms with Gasteiger partial charge in [-0.3, -0.25) is 0 Å². The Kier molecular flexibility index (Phi) is 8.30. The minimum atomic E-state index is -2.30. The quantitative estimate of drug-likeness (QED) is 0.251. The summed E-state index contributed by atoms with van der Waals surface area (Å²) >= 11 is -0.106. The molecular formula is C24H21Cl2PPd. The summed E-state index contributed by atoms with van der Waals surface area (Å²) in [5, 5.41) is 5.66. The van der Waals surface area contributed by atoms with Gasteiger partial charge >= 0.3 is 185 Å². The molecule has 28 heavy (non-hydrogen) atoms. The van der Waals surface area contributed by atoms with Crippen LogP contribution in [0, 0.1) is 0 Å². The van der Waals surface area contributed by atoms with Crippen molar-refractivity contribution in [3.05, 3.63) is 121 Å². The van der Waals surface area contributed by atoms with Crippen LogP contribution in [0.15, 0.2) is 121 Å². The third-order valence-corrected chi connectivity index (χ3v) is 9.62. The monoisotopic (exact) mass is 516 g/mol. The Balaban J connectivity index is 0.000000706. The van der Waals surface area contributed by atoms with Crippen LogP contribution in [0.3, 0.4) is 0 Å². The van der Waals surface area contributed by atoms with Gasteiger partial charge in [-0.2, -0.15) is 0 Å². The molecule has 4 heteroatoms. The van der Waals surface area contributed by atoms with Crippen molar-refractivity contribution < 1.29 is 15.9 Å². The summed E-state index contributed by atoms with van der Waals surface area (Å²) in [7, 11) is 7.33. The van der Waals surface area contributed by atoms with E-state index in [0.717, 1.165) is 0 Å². The first-order valence-electron chi connectivity index (χ1n) is 8.88. The van der Waals surface area contributed by atoms with Crippen molar-refractivity contribution >= 4 is 47.5 Å². The van der Waals surface area contributed by atoms with Crippen LogP contribution in [0.1, 0.15) is 0 Å². The van der Waals surface area contributed by atoms with Crippen molar-refractivity contribution in [3.63, 3.8) is 0 Å². The molecule has 0 N–H and O–H groups in total. The Labute approximate surface area is 184 Å². The Bertz CT molecular complexity index is 785. The molecule has 0 saturated carbocycles. The van der Waals surface area contributed by atoms with Gasteiger partial charge in [0.2, 0.25) is 0 Å². The predicted molar refractivity (Wildman–Crippen MR) is 124 cm³/mol. The SMILES string of the molecule is [Cl][Pd][Cl].c1ccc([PH](c2ccccc2)(c2ccccc2)c2ccccc2)cc1. The standard InChI is InChI=1S/C24H21P.2ClH.Pd/c1-5-13-21(14-6-1)25(22-15-7-2-8-16-22,23-17-9-3-10-18-23)24-19-11-4-12-20-24;;;/h1-20,25H;2*1H;/q;;;+2/p-2. The number of hydrogen-bond acceptors (Lipinski definition) is 0. The van der Waals surface area contributed by atoms with E-state index in [-0.39, 0.29) is 15.9 Å². The van der Waals surface area contributed by atoms with Crippen molar-refractivity contribution in [2.75, 3.05) is 0 Å². The summed E-state index contributed by atoms with van der Waals surface area (Å²) in [6, 6.07) is 44.0. The Morgan fingerprint density at radius 3 is 0.750 bits per heavy atom. The minimum absolute atomic E-state index is 0.106. The molecule has 0 bridgehead atoms. The third-order valence-electron chi connectivity index (χ3n) is 4.83. The number of halogens is 2. The van der Waals surface area contributed by atoms with Crippen LogP contribution in [0.2, 0.25) is 0 Å². The van der Waals surface area contributed by atoms with E-state index in [4.69, 9.17) is 19.1 Å². The first-order valence-corrected chi connectivity index (χ1v) is 14.9. The van der Waals surface area contributed by atoms with Gasteiger partial charge in [-0.25, -0.2) is 0 Å². The zero-order valence-corrected chi connectivity index (χ0v) is 19.2. The van der Waals surface area contributed by atoms with Crippen LogP contribution in [0.4, 0.5) is 0 Å². The molecule has 0 nitrogen and oxygen atoms in total. The first kappa shape index (κ1) is 21.3. The molecule has 0 saturated heterocycles. The predicted octanol–water partition coefficient (Wildman–Crippen LogP) is 5.41. The van der Waals surface area contributed by atoms with E-state index in [9.17, 15) is 0 Å². The summed E-state index contributed by atoms with van der Waals surface area (Å²) in [6.45, 7) is 0. The second-order valence-electron chi connectivity index (χ2n) is 6.26. The Morgan fingerprint density at radius 1 is 0.393 bits per heavy atom. The summed E-state index contributed by atoms with van der Waals surface area (Å²) in [5.74, 6) is 0. The van der Waals surface area contributed by atoms with E-state index in [2.05, 4.69) is 121 Å². The fraction of sp³-hybridized carbons (Fsp3) is 0. The summed E-state index contributed by atoms with van der Waals surface area (Å²) in [4.78, 5) is 0. The Hall–Kier alpha value is -1.45. The molecule has 0 unspecified atom stereocenters. The summed E-state index contributed by atoms with van der Waals surface area (Å²) in [5.41, 5.74) is 0. The van der Waals surface area contributed by atoms with Crippen molar-refractivity contribution in [2.24, 2.45) is 0 Å². The maximum atomic E-state index is 4.81. The molecule has 0 spiro atoms. The molecule has 0 radical (unpaired) electrons. The van der Waals surface area contributed by atoms with Crippen LogP contribution < -0.4 is 21.2 Å². The zero-order chi connectivity index (χ0) is 19.7. The zero-order valence-electron chi connectivity index (χ0n) is 15.1. The molecule has 0 heterocycles. The van der Waals surface area contributed by atoms with E-state index < -0.39 is 7.26 Å². The van der Waals surface area contributed by atoms with Crippen LogP contribution in [0.5, 0.6) is 0 Å². The van der Waals surface area contributed by atoms with Crippen LogP contribution in [-0.4, -0.2) is 0 Å². The molecule has 4 aromatic carbocycles. The van der Waals surface area contributed by atoms with Crippen LogP contribution in [0.25, 0.3) is 0 Å². The van der Waals surface area contributed by atoms with Gasteiger partial charge < -0.3 is 0 Å². The van der Waals surface area contributed by atoms with Gasteiger partial charge in [-0.05, 0) is 0 Å². The average Bonchev–Trinajstić information content (AvgIpc) is 2.78. The number of rotatable bonds is 4. The number of hydrogen-bond donors (Lipinski definition) is 0. The molecule has 146 valence electrons. The topological polar surface area (TPSA) is 0 Å². The molecule has 4 rings (SSSR count). The molecule has 0 aliphatic rings. The number of benzene rings is 4. The molecule has 0 aromatic heterocycles. The van der Waals surface area contributed by atoms with Gasteiger partial charge in [0, 0.05) is 0 Å². The average molecular weight is 518 g/mol. The summed E-state index contributed by atoms with van der Waals surface area (Å²) < 4.78 is 0. The third kappa shape index (κ3) is 4.58. The molecule has 0 amide bonds. The molecule has 0 fully saturated rings. The van der Waals surface area contributed by atoms with Crippen molar-refractivity contribution in [3.8, 4) is 0 Å². The second kappa shape index (κ2) is 10.9. The fourth-order valence-electron chi connectivity index (χ4n) is 3.75. The van der Waals surface area contributed by atoms with Crippen molar-refractivity contribution in [2.45, 2.75) is 0 Å².